The predicted molar refractivity (Wildman–Crippen MR) is 115 cm³/mol. The van der Waals surface area contributed by atoms with Crippen LogP contribution in [-0.2, 0) is 37.3 Å². The van der Waals surface area contributed by atoms with Crippen LogP contribution in [0, 0.1) is 0 Å². The molecule has 1 aromatic carbocycles. The second kappa shape index (κ2) is 10.4. The third-order valence-electron chi connectivity index (χ3n) is 4.63. The number of rotatable bonds is 8. The first-order valence-electron chi connectivity index (χ1n) is 9.60. The van der Waals surface area contributed by atoms with E-state index in [9.17, 15) is 18.0 Å². The van der Waals surface area contributed by atoms with E-state index in [4.69, 9.17) is 16.3 Å². The van der Waals surface area contributed by atoms with Crippen molar-refractivity contribution < 1.29 is 22.7 Å². The number of thiophene rings is 1. The van der Waals surface area contributed by atoms with Gasteiger partial charge in [0.1, 0.15) is 4.21 Å². The molecule has 0 saturated carbocycles. The number of benzene rings is 1. The van der Waals surface area contributed by atoms with Gasteiger partial charge in [0.2, 0.25) is 0 Å². The minimum atomic E-state index is -3.51. The molecule has 0 bridgehead atoms. The number of nitrogens with one attached hydrogen (secondary N) is 1. The third-order valence-corrected chi connectivity index (χ3v) is 8.34. The van der Waals surface area contributed by atoms with Gasteiger partial charge in [-0.2, -0.15) is 4.31 Å². The molecule has 3 rings (SSSR count). The van der Waals surface area contributed by atoms with Crippen molar-refractivity contribution in [1.82, 2.24) is 9.62 Å². The molecule has 0 unspecified atom stereocenters. The Balaban J connectivity index is 1.44. The molecule has 1 saturated heterocycles. The van der Waals surface area contributed by atoms with Crippen LogP contribution in [-0.4, -0.2) is 44.3 Å². The van der Waals surface area contributed by atoms with Crippen LogP contribution in [0.25, 0.3) is 0 Å². The maximum absolute atomic E-state index is 12.7. The van der Waals surface area contributed by atoms with Crippen molar-refractivity contribution in [3.8, 4) is 0 Å². The van der Waals surface area contributed by atoms with E-state index in [1.807, 2.05) is 0 Å². The van der Waals surface area contributed by atoms with Crippen molar-refractivity contribution in [2.75, 3.05) is 19.7 Å². The number of hydrogen-bond acceptors (Lipinski definition) is 6. The fourth-order valence-corrected chi connectivity index (χ4v) is 6.16. The predicted octanol–water partition coefficient (Wildman–Crippen LogP) is 2.98. The Morgan fingerprint density at radius 1 is 1.07 bits per heavy atom. The van der Waals surface area contributed by atoms with Crippen LogP contribution in [0.1, 0.15) is 29.7 Å². The van der Waals surface area contributed by atoms with Crippen LogP contribution in [0.2, 0.25) is 5.02 Å². The standard InChI is InChI=1S/C20H23ClN2O5S2/c21-16-6-4-15(5-7-16)13-22-18(24)14-28-19(25)12-17-8-9-20(29-17)30(26,27)23-10-2-1-3-11-23/h4-9H,1-3,10-14H2,(H,22,24). The van der Waals surface area contributed by atoms with Crippen LogP contribution in [0.15, 0.2) is 40.6 Å². The van der Waals surface area contributed by atoms with E-state index in [1.165, 1.54) is 10.4 Å². The number of carbonyl (C=O) groups is 2. The van der Waals surface area contributed by atoms with Crippen molar-refractivity contribution in [2.45, 2.75) is 36.4 Å². The van der Waals surface area contributed by atoms with Gasteiger partial charge in [-0.3, -0.25) is 9.59 Å². The van der Waals surface area contributed by atoms with E-state index in [2.05, 4.69) is 5.32 Å². The molecular formula is C20H23ClN2O5S2. The van der Waals surface area contributed by atoms with E-state index >= 15 is 0 Å². The van der Waals surface area contributed by atoms with Crippen molar-refractivity contribution in [2.24, 2.45) is 0 Å². The second-order valence-electron chi connectivity index (χ2n) is 6.93. The average molecular weight is 471 g/mol. The summed E-state index contributed by atoms with van der Waals surface area (Å²) in [6.07, 6.45) is 2.69. The zero-order valence-electron chi connectivity index (χ0n) is 16.3. The number of sulfonamides is 1. The third kappa shape index (κ3) is 6.28. The van der Waals surface area contributed by atoms with Crippen LogP contribution >= 0.6 is 22.9 Å². The molecule has 2 heterocycles. The van der Waals surface area contributed by atoms with E-state index in [0.29, 0.717) is 29.5 Å². The fourth-order valence-electron chi connectivity index (χ4n) is 3.02. The normalized spacial score (nSPS) is 15.0. The first kappa shape index (κ1) is 22.7. The summed E-state index contributed by atoms with van der Waals surface area (Å²) in [6, 6.07) is 10.2. The lowest BCUT2D eigenvalue weighted by Crippen LogP contribution is -2.35. The fraction of sp³-hybridized carbons (Fsp3) is 0.400. The maximum Gasteiger partial charge on any atom is 0.311 e. The Morgan fingerprint density at radius 2 is 1.77 bits per heavy atom. The molecular weight excluding hydrogens is 448 g/mol. The quantitative estimate of drug-likeness (QED) is 0.599. The number of carbonyl (C=O) groups excluding carboxylic acids is 2. The molecule has 1 aromatic heterocycles. The smallest absolute Gasteiger partial charge is 0.311 e. The summed E-state index contributed by atoms with van der Waals surface area (Å²) in [5.74, 6) is -1.00. The van der Waals surface area contributed by atoms with Gasteiger partial charge in [0.05, 0.1) is 6.42 Å². The highest BCUT2D eigenvalue weighted by Gasteiger charge is 2.27. The Morgan fingerprint density at radius 3 is 2.47 bits per heavy atom. The Hall–Kier alpha value is -1.94. The van der Waals surface area contributed by atoms with Crippen LogP contribution in [0.3, 0.4) is 0 Å². The molecule has 1 aliphatic rings. The van der Waals surface area contributed by atoms with Crippen molar-refractivity contribution in [3.05, 3.63) is 51.9 Å². The van der Waals surface area contributed by atoms with E-state index in [0.717, 1.165) is 36.2 Å². The largest absolute Gasteiger partial charge is 0.455 e. The van der Waals surface area contributed by atoms with Gasteiger partial charge in [0.15, 0.2) is 6.61 Å². The topological polar surface area (TPSA) is 92.8 Å². The molecule has 30 heavy (non-hydrogen) atoms. The molecule has 1 amide bonds. The van der Waals surface area contributed by atoms with Gasteiger partial charge in [0.25, 0.3) is 15.9 Å². The highest BCUT2D eigenvalue weighted by molar-refractivity contribution is 7.91. The van der Waals surface area contributed by atoms with Crippen molar-refractivity contribution in [3.63, 3.8) is 0 Å². The number of piperidine rings is 1. The zero-order chi connectivity index (χ0) is 21.6. The van der Waals surface area contributed by atoms with E-state index < -0.39 is 28.5 Å². The van der Waals surface area contributed by atoms with Gasteiger partial charge < -0.3 is 10.1 Å². The van der Waals surface area contributed by atoms with Gasteiger partial charge in [0, 0.05) is 29.5 Å². The lowest BCUT2D eigenvalue weighted by molar-refractivity contribution is -0.147. The average Bonchev–Trinajstić information content (AvgIpc) is 3.22. The Bertz CT molecular complexity index is 983. The molecule has 0 atom stereocenters. The molecule has 0 spiro atoms. The summed E-state index contributed by atoms with van der Waals surface area (Å²) in [6.45, 7) is 0.971. The highest BCUT2D eigenvalue weighted by atomic mass is 35.5. The maximum atomic E-state index is 12.7. The number of halogens is 1. The summed E-state index contributed by atoms with van der Waals surface area (Å²) in [7, 11) is -3.51. The van der Waals surface area contributed by atoms with Crippen molar-refractivity contribution >= 4 is 44.8 Å². The van der Waals surface area contributed by atoms with Crippen LogP contribution in [0.5, 0.6) is 0 Å². The molecule has 162 valence electrons. The molecule has 7 nitrogen and oxygen atoms in total. The molecule has 10 heteroatoms. The second-order valence-corrected chi connectivity index (χ2v) is 10.7. The molecule has 1 N–H and O–H groups in total. The van der Waals surface area contributed by atoms with Gasteiger partial charge in [-0.1, -0.05) is 30.2 Å². The van der Waals surface area contributed by atoms with Gasteiger partial charge in [-0.15, -0.1) is 11.3 Å². The monoisotopic (exact) mass is 470 g/mol. The lowest BCUT2D eigenvalue weighted by atomic mass is 10.2. The Labute approximate surface area is 185 Å². The molecule has 0 aliphatic carbocycles. The number of amides is 1. The molecule has 1 fully saturated rings. The van der Waals surface area contributed by atoms with E-state index in [1.54, 1.807) is 30.3 Å². The van der Waals surface area contributed by atoms with Gasteiger partial charge in [-0.05, 0) is 42.7 Å². The van der Waals surface area contributed by atoms with Crippen LogP contribution in [0.4, 0.5) is 0 Å². The van der Waals surface area contributed by atoms with E-state index in [-0.39, 0.29) is 10.6 Å². The minimum absolute atomic E-state index is 0.0787. The lowest BCUT2D eigenvalue weighted by Gasteiger charge is -2.25. The molecule has 2 aromatic rings. The Kier molecular flexibility index (Phi) is 7.87. The minimum Gasteiger partial charge on any atom is -0.455 e. The number of esters is 1. The summed E-state index contributed by atoms with van der Waals surface area (Å²) in [5, 5.41) is 3.27. The number of ether oxygens (including phenoxy) is 1. The molecule has 0 radical (unpaired) electrons. The summed E-state index contributed by atoms with van der Waals surface area (Å²) < 4.78 is 32.1. The molecule has 1 aliphatic heterocycles. The van der Waals surface area contributed by atoms with Gasteiger partial charge >= 0.3 is 5.97 Å². The van der Waals surface area contributed by atoms with Crippen molar-refractivity contribution in [1.29, 1.82) is 0 Å². The number of hydrogen-bond donors (Lipinski definition) is 1. The zero-order valence-corrected chi connectivity index (χ0v) is 18.7. The number of nitrogens with zero attached hydrogens (tertiary/aromatic N) is 1. The van der Waals surface area contributed by atoms with Gasteiger partial charge in [-0.25, -0.2) is 8.42 Å². The summed E-state index contributed by atoms with van der Waals surface area (Å²) in [4.78, 5) is 24.5. The summed E-state index contributed by atoms with van der Waals surface area (Å²) >= 11 is 6.87. The highest BCUT2D eigenvalue weighted by Crippen LogP contribution is 2.27. The summed E-state index contributed by atoms with van der Waals surface area (Å²) in [5.41, 5.74) is 0.875. The van der Waals surface area contributed by atoms with Crippen LogP contribution < -0.4 is 5.32 Å². The first-order valence-corrected chi connectivity index (χ1v) is 12.2. The SMILES string of the molecule is O=C(COC(=O)Cc1ccc(S(=O)(=O)N2CCCCC2)s1)NCc1ccc(Cl)cc1. The first-order chi connectivity index (χ1) is 14.3.